The van der Waals surface area contributed by atoms with E-state index in [9.17, 15) is 14.0 Å². The van der Waals surface area contributed by atoms with Crippen LogP contribution in [0.25, 0.3) is 0 Å². The highest BCUT2D eigenvalue weighted by Crippen LogP contribution is 2.24. The molecule has 0 aliphatic carbocycles. The van der Waals surface area contributed by atoms with E-state index >= 15 is 0 Å². The van der Waals surface area contributed by atoms with E-state index in [4.69, 9.17) is 0 Å². The van der Waals surface area contributed by atoms with Crippen molar-refractivity contribution in [2.75, 3.05) is 20.1 Å². The number of carbonyl (C=O) groups excluding carboxylic acids is 2. The largest absolute Gasteiger partial charge is 0.350 e. The Labute approximate surface area is 143 Å². The number of carbonyl (C=O) groups is 2. The second-order valence-electron chi connectivity index (χ2n) is 7.68. The molecule has 6 heteroatoms. The van der Waals surface area contributed by atoms with Gasteiger partial charge in [-0.15, -0.1) is 0 Å². The lowest BCUT2D eigenvalue weighted by Gasteiger charge is -2.28. The van der Waals surface area contributed by atoms with Crippen LogP contribution in [0.5, 0.6) is 0 Å². The van der Waals surface area contributed by atoms with Crippen LogP contribution in [0.3, 0.4) is 0 Å². The molecule has 0 aliphatic heterocycles. The molecule has 5 nitrogen and oxygen atoms in total. The Balaban J connectivity index is 2.59. The minimum atomic E-state index is -0.560. The molecule has 0 radical (unpaired) electrons. The molecule has 0 saturated heterocycles. The number of hydrogen-bond acceptors (Lipinski definition) is 2. The molecule has 0 atom stereocenters. The van der Waals surface area contributed by atoms with Crippen LogP contribution >= 0.6 is 0 Å². The van der Waals surface area contributed by atoms with Crippen molar-refractivity contribution in [2.24, 2.45) is 0 Å². The Bertz CT molecular complexity index is 594. The molecular weight excluding hydrogens is 309 g/mol. The van der Waals surface area contributed by atoms with Gasteiger partial charge in [0.1, 0.15) is 12.4 Å². The lowest BCUT2D eigenvalue weighted by molar-refractivity contribution is -0.122. The second-order valence-corrected chi connectivity index (χ2v) is 7.68. The van der Waals surface area contributed by atoms with Gasteiger partial charge in [-0.1, -0.05) is 32.0 Å². The molecule has 0 aliphatic rings. The number of urea groups is 1. The fourth-order valence-electron chi connectivity index (χ4n) is 2.28. The predicted molar refractivity (Wildman–Crippen MR) is 93.4 cm³/mol. The van der Waals surface area contributed by atoms with Gasteiger partial charge in [-0.3, -0.25) is 4.79 Å². The minimum Gasteiger partial charge on any atom is -0.350 e. The zero-order valence-electron chi connectivity index (χ0n) is 15.4. The van der Waals surface area contributed by atoms with Gasteiger partial charge in [-0.05, 0) is 32.4 Å². The van der Waals surface area contributed by atoms with Gasteiger partial charge < -0.3 is 15.5 Å². The summed E-state index contributed by atoms with van der Waals surface area (Å²) in [5, 5.41) is 5.56. The van der Waals surface area contributed by atoms with Crippen LogP contribution in [0.2, 0.25) is 0 Å². The summed E-state index contributed by atoms with van der Waals surface area (Å²) in [7, 11) is 1.55. The maximum absolute atomic E-state index is 13.9. The highest BCUT2D eigenvalue weighted by molar-refractivity contribution is 5.84. The van der Waals surface area contributed by atoms with E-state index in [0.717, 1.165) is 0 Å². The van der Waals surface area contributed by atoms with Crippen molar-refractivity contribution in [3.8, 4) is 0 Å². The third-order valence-corrected chi connectivity index (χ3v) is 3.53. The number of likely N-dealkylation sites (N-methyl/N-ethyl adjacent to an activating group) is 1. The summed E-state index contributed by atoms with van der Waals surface area (Å²) in [5.74, 6) is -0.525. The number of amides is 3. The van der Waals surface area contributed by atoms with Crippen LogP contribution in [0.1, 0.15) is 40.2 Å². The molecule has 0 fully saturated rings. The van der Waals surface area contributed by atoms with Gasteiger partial charge in [0.15, 0.2) is 0 Å². The highest BCUT2D eigenvalue weighted by atomic mass is 19.1. The summed E-state index contributed by atoms with van der Waals surface area (Å²) in [6.45, 7) is 9.57. The van der Waals surface area contributed by atoms with Crippen molar-refractivity contribution in [3.63, 3.8) is 0 Å². The number of halogens is 1. The summed E-state index contributed by atoms with van der Waals surface area (Å²) < 4.78 is 13.9. The Morgan fingerprint density at radius 1 is 1.12 bits per heavy atom. The van der Waals surface area contributed by atoms with Crippen molar-refractivity contribution >= 4 is 11.9 Å². The predicted octanol–water partition coefficient (Wildman–Crippen LogP) is 2.66. The van der Waals surface area contributed by atoms with Gasteiger partial charge >= 0.3 is 6.03 Å². The molecule has 3 amide bonds. The zero-order chi connectivity index (χ0) is 18.5. The summed E-state index contributed by atoms with van der Waals surface area (Å²) in [6, 6.07) is 6.15. The van der Waals surface area contributed by atoms with Crippen molar-refractivity contribution in [2.45, 2.75) is 45.6 Å². The number of benzene rings is 1. The van der Waals surface area contributed by atoms with E-state index in [0.29, 0.717) is 5.56 Å². The topological polar surface area (TPSA) is 61.4 Å². The molecule has 2 N–H and O–H groups in total. The molecule has 0 bridgehead atoms. The van der Waals surface area contributed by atoms with Crippen molar-refractivity contribution in [1.82, 2.24) is 15.5 Å². The normalized spacial score (nSPS) is 11.8. The Morgan fingerprint density at radius 3 is 2.25 bits per heavy atom. The molecule has 0 heterocycles. The van der Waals surface area contributed by atoms with Crippen LogP contribution < -0.4 is 10.6 Å². The van der Waals surface area contributed by atoms with Crippen molar-refractivity contribution in [3.05, 3.63) is 35.6 Å². The quantitative estimate of drug-likeness (QED) is 0.868. The fraction of sp³-hybridized carbons (Fsp3) is 0.556. The molecule has 0 spiro atoms. The molecular formula is C18H28FN3O2. The zero-order valence-corrected chi connectivity index (χ0v) is 15.4. The van der Waals surface area contributed by atoms with Crippen LogP contribution in [-0.2, 0) is 10.2 Å². The molecule has 0 unspecified atom stereocenters. The lowest BCUT2D eigenvalue weighted by atomic mass is 9.84. The summed E-state index contributed by atoms with van der Waals surface area (Å²) in [5.41, 5.74) is -0.366. The first-order chi connectivity index (χ1) is 10.9. The molecule has 1 rings (SSSR count). The van der Waals surface area contributed by atoms with Crippen LogP contribution in [0.4, 0.5) is 9.18 Å². The van der Waals surface area contributed by atoms with Crippen LogP contribution in [0.15, 0.2) is 24.3 Å². The van der Waals surface area contributed by atoms with Gasteiger partial charge in [0.25, 0.3) is 0 Å². The fourth-order valence-corrected chi connectivity index (χ4v) is 2.28. The second kappa shape index (κ2) is 7.64. The number of nitrogens with one attached hydrogen (secondary N) is 2. The maximum atomic E-state index is 13.9. The first-order valence-electron chi connectivity index (χ1n) is 7.97. The van der Waals surface area contributed by atoms with Crippen LogP contribution in [0, 0.1) is 5.82 Å². The highest BCUT2D eigenvalue weighted by Gasteiger charge is 2.25. The molecule has 1 aromatic rings. The van der Waals surface area contributed by atoms with Gasteiger partial charge in [0.05, 0.1) is 0 Å². The van der Waals surface area contributed by atoms with E-state index < -0.39 is 5.41 Å². The average molecular weight is 337 g/mol. The lowest BCUT2D eigenvalue weighted by Crippen LogP contribution is -2.49. The smallest absolute Gasteiger partial charge is 0.317 e. The summed E-state index contributed by atoms with van der Waals surface area (Å²) in [4.78, 5) is 25.3. The Morgan fingerprint density at radius 2 is 1.71 bits per heavy atom. The number of hydrogen-bond donors (Lipinski definition) is 2. The van der Waals surface area contributed by atoms with Crippen LogP contribution in [-0.4, -0.2) is 42.5 Å². The molecule has 0 saturated carbocycles. The van der Waals surface area contributed by atoms with E-state index in [1.807, 2.05) is 34.6 Å². The summed E-state index contributed by atoms with van der Waals surface area (Å²) in [6.07, 6.45) is 0. The van der Waals surface area contributed by atoms with E-state index in [1.165, 1.54) is 11.0 Å². The molecule has 134 valence electrons. The van der Waals surface area contributed by atoms with E-state index in [1.54, 1.807) is 25.2 Å². The SMILES string of the molecule is CN(CC(=O)NC(C)(C)C)C(=O)NCC(C)(C)c1ccccc1F. The Kier molecular flexibility index (Phi) is 6.35. The first-order valence-corrected chi connectivity index (χ1v) is 7.97. The van der Waals surface area contributed by atoms with Crippen molar-refractivity contribution < 1.29 is 14.0 Å². The maximum Gasteiger partial charge on any atom is 0.317 e. The summed E-state index contributed by atoms with van der Waals surface area (Å²) >= 11 is 0. The van der Waals surface area contributed by atoms with Crippen molar-refractivity contribution in [1.29, 1.82) is 0 Å². The monoisotopic (exact) mass is 337 g/mol. The standard InChI is InChI=1S/C18H28FN3O2/c1-17(2,3)21-15(23)11-22(6)16(24)20-12-18(4,5)13-9-7-8-10-14(13)19/h7-10H,11-12H2,1-6H3,(H,20,24)(H,21,23). The van der Waals surface area contributed by atoms with Gasteiger partial charge in [0.2, 0.25) is 5.91 Å². The Hall–Kier alpha value is -2.11. The molecule has 0 aromatic heterocycles. The third-order valence-electron chi connectivity index (χ3n) is 3.53. The average Bonchev–Trinajstić information content (AvgIpc) is 2.42. The first kappa shape index (κ1) is 19.9. The van der Waals surface area contributed by atoms with Gasteiger partial charge in [-0.2, -0.15) is 0 Å². The number of nitrogens with zero attached hydrogens (tertiary/aromatic N) is 1. The van der Waals surface area contributed by atoms with Gasteiger partial charge in [-0.25, -0.2) is 9.18 Å². The van der Waals surface area contributed by atoms with Gasteiger partial charge in [0, 0.05) is 24.5 Å². The van der Waals surface area contributed by atoms with E-state index in [-0.39, 0.29) is 36.4 Å². The van der Waals surface area contributed by atoms with E-state index in [2.05, 4.69) is 10.6 Å². The molecule has 1 aromatic carbocycles. The number of rotatable bonds is 5. The molecule has 24 heavy (non-hydrogen) atoms. The minimum absolute atomic E-state index is 0.0385. The third kappa shape index (κ3) is 6.18.